The molecule has 0 radical (unpaired) electrons. The summed E-state index contributed by atoms with van der Waals surface area (Å²) >= 11 is 0. The minimum Gasteiger partial charge on any atom is -0.312 e. The van der Waals surface area contributed by atoms with Gasteiger partial charge >= 0.3 is 0 Å². The van der Waals surface area contributed by atoms with Gasteiger partial charge in [-0.25, -0.2) is 0 Å². The molecule has 2 fully saturated rings. The third-order valence-corrected chi connectivity index (χ3v) is 4.86. The van der Waals surface area contributed by atoms with Gasteiger partial charge in [0, 0.05) is 25.7 Å². The molecule has 21 heavy (non-hydrogen) atoms. The first-order valence-corrected chi connectivity index (χ1v) is 8.62. The van der Waals surface area contributed by atoms with E-state index in [1.165, 1.54) is 55.5 Å². The molecule has 0 saturated heterocycles. The molecule has 1 aromatic rings. The fraction of sp³-hybridized carbons (Fsp3) is 0.684. The van der Waals surface area contributed by atoms with Crippen LogP contribution in [0.1, 0.15) is 48.4 Å². The molecule has 0 amide bonds. The lowest BCUT2D eigenvalue weighted by Crippen LogP contribution is -2.36. The highest BCUT2D eigenvalue weighted by molar-refractivity contribution is 5.30. The van der Waals surface area contributed by atoms with Crippen molar-refractivity contribution in [1.29, 1.82) is 0 Å². The molecule has 2 heteroatoms. The van der Waals surface area contributed by atoms with Crippen molar-refractivity contribution in [1.82, 2.24) is 10.2 Å². The van der Waals surface area contributed by atoms with Crippen LogP contribution >= 0.6 is 0 Å². The number of aryl methyl sites for hydroxylation is 2. The summed E-state index contributed by atoms with van der Waals surface area (Å²) in [6, 6.07) is 7.42. The topological polar surface area (TPSA) is 15.3 Å². The Hall–Kier alpha value is -0.860. The first kappa shape index (κ1) is 15.1. The van der Waals surface area contributed by atoms with Crippen molar-refractivity contribution in [2.24, 2.45) is 11.8 Å². The molecule has 2 aliphatic rings. The van der Waals surface area contributed by atoms with Gasteiger partial charge < -0.3 is 10.2 Å². The van der Waals surface area contributed by atoms with E-state index < -0.39 is 0 Å². The molecule has 1 N–H and O–H groups in total. The molecule has 1 aromatic carbocycles. The third-order valence-electron chi connectivity index (χ3n) is 4.86. The first-order valence-electron chi connectivity index (χ1n) is 8.62. The third kappa shape index (κ3) is 4.55. The maximum atomic E-state index is 3.55. The van der Waals surface area contributed by atoms with E-state index in [4.69, 9.17) is 0 Å². The van der Waals surface area contributed by atoms with Crippen LogP contribution in [-0.2, 0) is 0 Å². The van der Waals surface area contributed by atoms with Gasteiger partial charge in [0.15, 0.2) is 0 Å². The zero-order valence-electron chi connectivity index (χ0n) is 13.9. The van der Waals surface area contributed by atoms with Gasteiger partial charge in [0.2, 0.25) is 0 Å². The zero-order valence-corrected chi connectivity index (χ0v) is 13.9. The SMILES string of the molecule is CNC(CN(CC1CC1)CC1CC1)c1cc(C)cc(C)c1. The normalized spacial score (nSPS) is 20.0. The number of hydrogen-bond donors (Lipinski definition) is 1. The smallest absolute Gasteiger partial charge is 0.0447 e. The largest absolute Gasteiger partial charge is 0.312 e. The zero-order chi connectivity index (χ0) is 14.8. The maximum Gasteiger partial charge on any atom is 0.0447 e. The van der Waals surface area contributed by atoms with Gasteiger partial charge in [-0.15, -0.1) is 0 Å². The number of nitrogens with zero attached hydrogens (tertiary/aromatic N) is 1. The predicted molar refractivity (Wildman–Crippen MR) is 89.6 cm³/mol. The molecule has 0 heterocycles. The lowest BCUT2D eigenvalue weighted by atomic mass is 10.0. The summed E-state index contributed by atoms with van der Waals surface area (Å²) in [6.45, 7) is 8.20. The van der Waals surface area contributed by atoms with Crippen molar-refractivity contribution >= 4 is 0 Å². The number of nitrogens with one attached hydrogen (secondary N) is 1. The molecular formula is C19H30N2. The van der Waals surface area contributed by atoms with Gasteiger partial charge in [-0.1, -0.05) is 29.3 Å². The van der Waals surface area contributed by atoms with E-state index in [-0.39, 0.29) is 0 Å². The molecule has 0 aromatic heterocycles. The summed E-state index contributed by atoms with van der Waals surface area (Å²) in [7, 11) is 2.11. The van der Waals surface area contributed by atoms with E-state index in [1.807, 2.05) is 0 Å². The Morgan fingerprint density at radius 3 is 1.95 bits per heavy atom. The Kier molecular flexibility index (Phi) is 4.66. The lowest BCUT2D eigenvalue weighted by Gasteiger charge is -2.28. The molecule has 2 aliphatic carbocycles. The molecule has 116 valence electrons. The van der Waals surface area contributed by atoms with Crippen molar-refractivity contribution < 1.29 is 0 Å². The Balaban J connectivity index is 1.67. The van der Waals surface area contributed by atoms with E-state index in [2.05, 4.69) is 49.3 Å². The van der Waals surface area contributed by atoms with Gasteiger partial charge in [-0.05, 0) is 64.0 Å². The monoisotopic (exact) mass is 286 g/mol. The van der Waals surface area contributed by atoms with Crippen molar-refractivity contribution in [3.8, 4) is 0 Å². The van der Waals surface area contributed by atoms with Crippen molar-refractivity contribution in [3.05, 3.63) is 34.9 Å². The van der Waals surface area contributed by atoms with Crippen LogP contribution in [0.4, 0.5) is 0 Å². The molecule has 0 bridgehead atoms. The summed E-state index contributed by atoms with van der Waals surface area (Å²) < 4.78 is 0. The maximum absolute atomic E-state index is 3.55. The second-order valence-electron chi connectivity index (χ2n) is 7.37. The number of rotatable bonds is 8. The van der Waals surface area contributed by atoms with Crippen molar-refractivity contribution in [2.75, 3.05) is 26.7 Å². The Bertz CT molecular complexity index is 440. The van der Waals surface area contributed by atoms with Gasteiger partial charge in [-0.2, -0.15) is 0 Å². The molecule has 0 aliphatic heterocycles. The average molecular weight is 286 g/mol. The fourth-order valence-corrected chi connectivity index (χ4v) is 3.39. The Labute approximate surface area is 129 Å². The average Bonchev–Trinajstić information content (AvgIpc) is 3.30. The highest BCUT2D eigenvalue weighted by Gasteiger charge is 2.30. The second-order valence-corrected chi connectivity index (χ2v) is 7.37. The summed E-state index contributed by atoms with van der Waals surface area (Å²) in [6.07, 6.45) is 5.81. The quantitative estimate of drug-likeness (QED) is 0.784. The molecule has 2 saturated carbocycles. The highest BCUT2D eigenvalue weighted by atomic mass is 15.2. The van der Waals surface area contributed by atoms with Crippen LogP contribution in [0.2, 0.25) is 0 Å². The lowest BCUT2D eigenvalue weighted by molar-refractivity contribution is 0.228. The molecule has 2 nitrogen and oxygen atoms in total. The van der Waals surface area contributed by atoms with Crippen molar-refractivity contribution in [3.63, 3.8) is 0 Å². The summed E-state index contributed by atoms with van der Waals surface area (Å²) in [4.78, 5) is 2.73. The van der Waals surface area contributed by atoms with E-state index in [0.29, 0.717) is 6.04 Å². The second kappa shape index (κ2) is 6.50. The van der Waals surface area contributed by atoms with E-state index in [1.54, 1.807) is 0 Å². The first-order chi connectivity index (χ1) is 10.1. The molecule has 3 rings (SSSR count). The van der Waals surface area contributed by atoms with E-state index in [9.17, 15) is 0 Å². The van der Waals surface area contributed by atoms with Crippen LogP contribution < -0.4 is 5.32 Å². The van der Waals surface area contributed by atoms with Crippen LogP contribution in [0.15, 0.2) is 18.2 Å². The fourth-order valence-electron chi connectivity index (χ4n) is 3.39. The molecule has 1 atom stereocenters. The minimum absolute atomic E-state index is 0.459. The predicted octanol–water partition coefficient (Wildman–Crippen LogP) is 3.69. The number of likely N-dealkylation sites (N-methyl/N-ethyl adjacent to an activating group) is 1. The summed E-state index contributed by atoms with van der Waals surface area (Å²) in [5.74, 6) is 1.97. The summed E-state index contributed by atoms with van der Waals surface area (Å²) in [5.41, 5.74) is 4.20. The van der Waals surface area contributed by atoms with Crippen LogP contribution in [-0.4, -0.2) is 31.6 Å². The molecule has 1 unspecified atom stereocenters. The molecule has 0 spiro atoms. The van der Waals surface area contributed by atoms with Crippen LogP contribution in [0, 0.1) is 25.7 Å². The van der Waals surface area contributed by atoms with Crippen LogP contribution in [0.25, 0.3) is 0 Å². The number of benzene rings is 1. The van der Waals surface area contributed by atoms with Gasteiger partial charge in [-0.3, -0.25) is 0 Å². The van der Waals surface area contributed by atoms with E-state index >= 15 is 0 Å². The highest BCUT2D eigenvalue weighted by Crippen LogP contribution is 2.34. The standard InChI is InChI=1S/C19H30N2/c1-14-8-15(2)10-18(9-14)19(20-3)13-21(11-16-4-5-16)12-17-6-7-17/h8-10,16-17,19-20H,4-7,11-13H2,1-3H3. The Morgan fingerprint density at radius 2 is 1.52 bits per heavy atom. The van der Waals surface area contributed by atoms with Gasteiger partial charge in [0.1, 0.15) is 0 Å². The summed E-state index contributed by atoms with van der Waals surface area (Å²) in [5, 5.41) is 3.55. The van der Waals surface area contributed by atoms with Gasteiger partial charge in [0.25, 0.3) is 0 Å². The van der Waals surface area contributed by atoms with Crippen molar-refractivity contribution in [2.45, 2.75) is 45.6 Å². The van der Waals surface area contributed by atoms with Crippen LogP contribution in [0.3, 0.4) is 0 Å². The van der Waals surface area contributed by atoms with Crippen LogP contribution in [0.5, 0.6) is 0 Å². The van der Waals surface area contributed by atoms with E-state index in [0.717, 1.165) is 18.4 Å². The van der Waals surface area contributed by atoms with Gasteiger partial charge in [0.05, 0.1) is 0 Å². The minimum atomic E-state index is 0.459. The molecular weight excluding hydrogens is 256 g/mol. The Morgan fingerprint density at radius 1 is 1.00 bits per heavy atom. The number of hydrogen-bond acceptors (Lipinski definition) is 2.